The molecule has 1 fully saturated rings. The van der Waals surface area contributed by atoms with E-state index in [0.717, 1.165) is 61.3 Å². The van der Waals surface area contributed by atoms with E-state index in [1.54, 1.807) is 0 Å². The monoisotopic (exact) mass is 481 g/mol. The van der Waals surface area contributed by atoms with Crippen molar-refractivity contribution in [3.05, 3.63) is 41.5 Å². The van der Waals surface area contributed by atoms with E-state index >= 15 is 0 Å². The second-order valence-electron chi connectivity index (χ2n) is 12.1. The van der Waals surface area contributed by atoms with Gasteiger partial charge in [-0.05, 0) is 70.8 Å². The third-order valence-corrected chi connectivity index (χ3v) is 6.79. The zero-order chi connectivity index (χ0) is 26.0. The van der Waals surface area contributed by atoms with Crippen LogP contribution in [-0.2, 0) is 16.0 Å². The Morgan fingerprint density at radius 2 is 1.80 bits per heavy atom. The Balaban J connectivity index is 2.13. The minimum atomic E-state index is -1.11. The van der Waals surface area contributed by atoms with E-state index in [2.05, 4.69) is 49.7 Å². The van der Waals surface area contributed by atoms with Crippen molar-refractivity contribution < 1.29 is 14.6 Å². The molecular weight excluding hydrogens is 438 g/mol. The Bertz CT molecular complexity index is 1010. The number of piperidine rings is 1. The van der Waals surface area contributed by atoms with Gasteiger partial charge in [-0.15, -0.1) is 0 Å². The molecule has 0 radical (unpaired) electrons. The molecule has 0 aromatic carbocycles. The van der Waals surface area contributed by atoms with E-state index in [1.807, 2.05) is 40.1 Å². The van der Waals surface area contributed by atoms with E-state index in [-0.39, 0.29) is 5.41 Å². The first-order chi connectivity index (χ1) is 16.3. The first kappa shape index (κ1) is 27.1. The molecule has 1 saturated heterocycles. The van der Waals surface area contributed by atoms with Crippen LogP contribution in [-0.4, -0.2) is 39.7 Å². The van der Waals surface area contributed by atoms with Gasteiger partial charge in [0.15, 0.2) is 6.10 Å². The average Bonchev–Trinajstić information content (AvgIpc) is 2.76. The lowest BCUT2D eigenvalue weighted by molar-refractivity contribution is -0.160. The van der Waals surface area contributed by atoms with E-state index in [4.69, 9.17) is 9.72 Å². The highest BCUT2D eigenvalue weighted by molar-refractivity contribution is 5.86. The van der Waals surface area contributed by atoms with Gasteiger partial charge in [0.2, 0.25) is 0 Å². The number of rotatable bonds is 8. The van der Waals surface area contributed by atoms with Crippen LogP contribution in [0.4, 0.5) is 5.69 Å². The molecule has 0 unspecified atom stereocenters. The van der Waals surface area contributed by atoms with E-state index in [0.29, 0.717) is 17.2 Å². The van der Waals surface area contributed by atoms with Crippen LogP contribution in [0.2, 0.25) is 0 Å². The first-order valence-electron chi connectivity index (χ1n) is 12.9. The van der Waals surface area contributed by atoms with Crippen molar-refractivity contribution in [3.8, 4) is 11.1 Å². The number of carbonyl (C=O) groups is 1. The average molecular weight is 482 g/mol. The zero-order valence-electron chi connectivity index (χ0n) is 22.8. The summed E-state index contributed by atoms with van der Waals surface area (Å²) in [6.45, 7) is 18.3. The standard InChI is InChI=1S/C29H43N3O3/c1-19(2)9-11-22-12-10-21(17-31-22)23-18-30-20(3)24(26(27(33)34)35-28(4,5)6)25(23)32-15-13-29(7,8)14-16-32/h10,12,17-19,26H,9,11,13-16H2,1-8H3,(H,33,34)/t26-/m0/s1. The SMILES string of the molecule is Cc1ncc(-c2ccc(CCC(C)C)nc2)c(N2CCC(C)(C)CC2)c1[C@H](OC(C)(C)C)C(=O)O. The van der Waals surface area contributed by atoms with Crippen LogP contribution >= 0.6 is 0 Å². The number of carboxylic acid groups (broad SMARTS) is 1. The van der Waals surface area contributed by atoms with Crippen molar-refractivity contribution in [2.45, 2.75) is 92.8 Å². The van der Waals surface area contributed by atoms with Crippen LogP contribution in [0.3, 0.4) is 0 Å². The molecule has 1 aliphatic heterocycles. The number of carboxylic acids is 1. The van der Waals surface area contributed by atoms with Crippen molar-refractivity contribution in [3.63, 3.8) is 0 Å². The van der Waals surface area contributed by atoms with Gasteiger partial charge in [0, 0.05) is 53.6 Å². The molecule has 0 aliphatic carbocycles. The summed E-state index contributed by atoms with van der Waals surface area (Å²) in [5.74, 6) is -0.367. The molecule has 2 aromatic heterocycles. The van der Waals surface area contributed by atoms with E-state index in [1.165, 1.54) is 0 Å². The third-order valence-electron chi connectivity index (χ3n) is 6.79. The lowest BCUT2D eigenvalue weighted by atomic mass is 9.82. The van der Waals surface area contributed by atoms with Crippen LogP contribution in [0.25, 0.3) is 11.1 Å². The highest BCUT2D eigenvalue weighted by Crippen LogP contribution is 2.43. The maximum absolute atomic E-state index is 12.5. The van der Waals surface area contributed by atoms with Gasteiger partial charge in [0.25, 0.3) is 0 Å². The second kappa shape index (κ2) is 10.7. The highest BCUT2D eigenvalue weighted by atomic mass is 16.5. The van der Waals surface area contributed by atoms with Crippen LogP contribution in [0.5, 0.6) is 0 Å². The molecule has 1 aliphatic rings. The number of hydrogen-bond acceptors (Lipinski definition) is 5. The maximum Gasteiger partial charge on any atom is 0.337 e. The van der Waals surface area contributed by atoms with Gasteiger partial charge in [-0.3, -0.25) is 9.97 Å². The number of aromatic nitrogens is 2. The number of hydrogen-bond donors (Lipinski definition) is 1. The lowest BCUT2D eigenvalue weighted by Crippen LogP contribution is -2.39. The second-order valence-corrected chi connectivity index (χ2v) is 12.1. The topological polar surface area (TPSA) is 75.5 Å². The summed E-state index contributed by atoms with van der Waals surface area (Å²) < 4.78 is 6.12. The number of aryl methyl sites for hydroxylation is 2. The molecule has 3 heterocycles. The summed E-state index contributed by atoms with van der Waals surface area (Å²) in [5, 5.41) is 10.2. The predicted octanol–water partition coefficient (Wildman–Crippen LogP) is 6.61. The zero-order valence-corrected chi connectivity index (χ0v) is 22.8. The van der Waals surface area contributed by atoms with Crippen molar-refractivity contribution in [2.75, 3.05) is 18.0 Å². The van der Waals surface area contributed by atoms with Gasteiger partial charge >= 0.3 is 5.97 Å². The molecule has 1 atom stereocenters. The molecule has 35 heavy (non-hydrogen) atoms. The van der Waals surface area contributed by atoms with Crippen molar-refractivity contribution in [1.29, 1.82) is 0 Å². The molecule has 0 saturated carbocycles. The minimum absolute atomic E-state index is 0.270. The third kappa shape index (κ3) is 7.03. The first-order valence-corrected chi connectivity index (χ1v) is 12.9. The molecule has 2 aromatic rings. The van der Waals surface area contributed by atoms with Gasteiger partial charge in [-0.25, -0.2) is 4.79 Å². The van der Waals surface area contributed by atoms with E-state index < -0.39 is 17.7 Å². The van der Waals surface area contributed by atoms with Crippen molar-refractivity contribution in [1.82, 2.24) is 9.97 Å². The molecule has 3 rings (SSSR count). The molecular formula is C29H43N3O3. The van der Waals surface area contributed by atoms with Gasteiger partial charge < -0.3 is 14.7 Å². The summed E-state index contributed by atoms with van der Waals surface area (Å²) >= 11 is 0. The van der Waals surface area contributed by atoms with Crippen molar-refractivity contribution >= 4 is 11.7 Å². The number of anilines is 1. The molecule has 0 spiro atoms. The summed E-state index contributed by atoms with van der Waals surface area (Å²) in [6.07, 6.45) is 6.80. The Labute approximate surface area is 211 Å². The van der Waals surface area contributed by atoms with Gasteiger partial charge in [-0.2, -0.15) is 0 Å². The summed E-state index contributed by atoms with van der Waals surface area (Å²) in [5.41, 5.74) is 4.84. The predicted molar refractivity (Wildman–Crippen MR) is 142 cm³/mol. The largest absolute Gasteiger partial charge is 0.479 e. The lowest BCUT2D eigenvalue weighted by Gasteiger charge is -2.40. The Morgan fingerprint density at radius 3 is 2.31 bits per heavy atom. The maximum atomic E-state index is 12.5. The molecule has 0 bridgehead atoms. The van der Waals surface area contributed by atoms with Gasteiger partial charge in [0.05, 0.1) is 11.3 Å². The van der Waals surface area contributed by atoms with Crippen LogP contribution in [0, 0.1) is 18.3 Å². The molecule has 0 amide bonds. The Hall–Kier alpha value is -2.47. The quantitative estimate of drug-likeness (QED) is 0.457. The van der Waals surface area contributed by atoms with Gasteiger partial charge in [-0.1, -0.05) is 33.8 Å². The summed E-state index contributed by atoms with van der Waals surface area (Å²) in [7, 11) is 0. The minimum Gasteiger partial charge on any atom is -0.479 e. The molecule has 6 nitrogen and oxygen atoms in total. The number of nitrogens with zero attached hydrogens (tertiary/aromatic N) is 3. The number of pyridine rings is 2. The molecule has 192 valence electrons. The van der Waals surface area contributed by atoms with Crippen LogP contribution in [0.1, 0.15) is 90.8 Å². The Kier molecular flexibility index (Phi) is 8.25. The van der Waals surface area contributed by atoms with E-state index in [9.17, 15) is 9.90 Å². The summed E-state index contributed by atoms with van der Waals surface area (Å²) in [4.78, 5) is 24.2. The number of aliphatic carboxylic acids is 1. The molecule has 1 N–H and O–H groups in total. The summed E-state index contributed by atoms with van der Waals surface area (Å²) in [6, 6.07) is 4.18. The molecule has 6 heteroatoms. The van der Waals surface area contributed by atoms with Crippen LogP contribution in [0.15, 0.2) is 24.5 Å². The fourth-order valence-corrected chi connectivity index (χ4v) is 4.56. The smallest absolute Gasteiger partial charge is 0.337 e. The van der Waals surface area contributed by atoms with Gasteiger partial charge in [0.1, 0.15) is 0 Å². The normalized spacial score (nSPS) is 17.0. The fourth-order valence-electron chi connectivity index (χ4n) is 4.56. The number of ether oxygens (including phenoxy) is 1. The van der Waals surface area contributed by atoms with Crippen molar-refractivity contribution in [2.24, 2.45) is 11.3 Å². The highest BCUT2D eigenvalue weighted by Gasteiger charge is 2.35. The Morgan fingerprint density at radius 1 is 1.14 bits per heavy atom. The fraction of sp³-hybridized carbons (Fsp3) is 0.621. The van der Waals surface area contributed by atoms with Crippen LogP contribution < -0.4 is 4.90 Å².